The number of hydrogen-bond acceptors (Lipinski definition) is 4. The van der Waals surface area contributed by atoms with Crippen molar-refractivity contribution in [1.82, 2.24) is 19.4 Å². The van der Waals surface area contributed by atoms with Gasteiger partial charge in [0.2, 0.25) is 5.91 Å². The van der Waals surface area contributed by atoms with Crippen molar-refractivity contribution in [1.29, 1.82) is 0 Å². The predicted molar refractivity (Wildman–Crippen MR) is 134 cm³/mol. The predicted octanol–water partition coefficient (Wildman–Crippen LogP) is 4.27. The first-order valence-corrected chi connectivity index (χ1v) is 12.5. The molecule has 0 bridgehead atoms. The highest BCUT2D eigenvalue weighted by Gasteiger charge is 2.31. The summed E-state index contributed by atoms with van der Waals surface area (Å²) in [6.07, 6.45) is 2.04. The lowest BCUT2D eigenvalue weighted by atomic mass is 9.96. The summed E-state index contributed by atoms with van der Waals surface area (Å²) in [5.41, 5.74) is 3.38. The summed E-state index contributed by atoms with van der Waals surface area (Å²) in [4.78, 5) is 25.0. The Balaban J connectivity index is 1.20. The number of rotatable bonds is 5. The fourth-order valence-corrected chi connectivity index (χ4v) is 5.50. The van der Waals surface area contributed by atoms with Crippen LogP contribution in [0.25, 0.3) is 11.0 Å². The number of para-hydroxylation sites is 2. The number of hydrogen-bond donors (Lipinski definition) is 0. The number of carbonyl (C=O) groups excluding carboxylic acids is 1. The normalized spacial score (nSPS) is 19.9. The van der Waals surface area contributed by atoms with E-state index in [9.17, 15) is 4.79 Å². The van der Waals surface area contributed by atoms with E-state index < -0.39 is 0 Å². The number of aryl methyl sites for hydroxylation is 1. The minimum atomic E-state index is 0.0796. The average Bonchev–Trinajstić information content (AvgIpc) is 3.20. The van der Waals surface area contributed by atoms with Gasteiger partial charge in [0.25, 0.3) is 0 Å². The van der Waals surface area contributed by atoms with E-state index in [0.717, 1.165) is 87.3 Å². The van der Waals surface area contributed by atoms with Crippen LogP contribution in [0.3, 0.4) is 0 Å². The maximum absolute atomic E-state index is 13.4. The van der Waals surface area contributed by atoms with Crippen molar-refractivity contribution in [2.45, 2.75) is 32.9 Å². The van der Waals surface area contributed by atoms with E-state index in [1.165, 1.54) is 5.52 Å². The molecular weight excluding hydrogens is 434 g/mol. The molecule has 2 aromatic carbocycles. The van der Waals surface area contributed by atoms with Crippen LogP contribution >= 0.6 is 11.6 Å². The average molecular weight is 466 g/mol. The van der Waals surface area contributed by atoms with Gasteiger partial charge < -0.3 is 14.4 Å². The Hall–Kier alpha value is -2.57. The number of anilines is 1. The van der Waals surface area contributed by atoms with Gasteiger partial charge in [-0.3, -0.25) is 9.69 Å². The van der Waals surface area contributed by atoms with Gasteiger partial charge in [0, 0.05) is 50.0 Å². The summed E-state index contributed by atoms with van der Waals surface area (Å²) in [5, 5.41) is 0.755. The first-order valence-electron chi connectivity index (χ1n) is 12.1. The lowest BCUT2D eigenvalue weighted by molar-refractivity contribution is -0.137. The molecule has 3 heterocycles. The van der Waals surface area contributed by atoms with E-state index in [4.69, 9.17) is 16.6 Å². The number of likely N-dealkylation sites (tertiary alicyclic amines) is 1. The summed E-state index contributed by atoms with van der Waals surface area (Å²) >= 11 is 6.16. The maximum atomic E-state index is 13.4. The van der Waals surface area contributed by atoms with Crippen LogP contribution in [0.15, 0.2) is 48.5 Å². The Morgan fingerprint density at radius 3 is 2.67 bits per heavy atom. The number of fused-ring (bicyclic) bond motifs is 1. The molecule has 0 N–H and O–H groups in total. The summed E-state index contributed by atoms with van der Waals surface area (Å²) in [6, 6.07) is 16.3. The summed E-state index contributed by atoms with van der Waals surface area (Å²) in [6.45, 7) is 8.97. The molecule has 3 aromatic rings. The maximum Gasteiger partial charge on any atom is 0.227 e. The number of halogens is 1. The minimum absolute atomic E-state index is 0.0796. The van der Waals surface area contributed by atoms with Crippen molar-refractivity contribution in [3.05, 3.63) is 59.4 Å². The molecule has 0 aliphatic carbocycles. The van der Waals surface area contributed by atoms with Crippen LogP contribution in [0.1, 0.15) is 25.6 Å². The lowest BCUT2D eigenvalue weighted by Crippen LogP contribution is -2.52. The first kappa shape index (κ1) is 22.2. The second-order valence-corrected chi connectivity index (χ2v) is 9.56. The molecule has 2 saturated heterocycles. The minimum Gasteiger partial charge on any atom is -0.368 e. The monoisotopic (exact) mass is 465 g/mol. The van der Waals surface area contributed by atoms with Crippen molar-refractivity contribution in [3.63, 3.8) is 0 Å². The van der Waals surface area contributed by atoms with Gasteiger partial charge in [-0.05, 0) is 56.6 Å². The molecule has 2 fully saturated rings. The second kappa shape index (κ2) is 9.74. The van der Waals surface area contributed by atoms with Crippen molar-refractivity contribution in [2.75, 3.05) is 44.2 Å². The quantitative estimate of drug-likeness (QED) is 0.564. The van der Waals surface area contributed by atoms with E-state index in [1.807, 2.05) is 24.3 Å². The molecule has 7 heteroatoms. The van der Waals surface area contributed by atoms with Crippen molar-refractivity contribution in [3.8, 4) is 0 Å². The van der Waals surface area contributed by atoms with Crippen LogP contribution in [-0.4, -0.2) is 64.5 Å². The number of carbonyl (C=O) groups is 1. The Kier molecular flexibility index (Phi) is 6.56. The Morgan fingerprint density at radius 1 is 1.06 bits per heavy atom. The van der Waals surface area contributed by atoms with Crippen LogP contribution in [0.5, 0.6) is 0 Å². The SMILES string of the molecule is CCn1c(CN2CCC[C@@H](C(=O)N3CCN(c4cccc(Cl)c4)CC3)C2)nc2ccccc21. The van der Waals surface area contributed by atoms with Crippen LogP contribution in [0.2, 0.25) is 5.02 Å². The fraction of sp³-hybridized carbons (Fsp3) is 0.462. The highest BCUT2D eigenvalue weighted by Crippen LogP contribution is 2.25. The van der Waals surface area contributed by atoms with Gasteiger partial charge in [-0.1, -0.05) is 29.8 Å². The molecule has 2 aliphatic rings. The molecule has 33 heavy (non-hydrogen) atoms. The Morgan fingerprint density at radius 2 is 1.88 bits per heavy atom. The molecule has 6 nitrogen and oxygen atoms in total. The molecular formula is C26H32ClN5O. The number of piperidine rings is 1. The third-order valence-corrected chi connectivity index (χ3v) is 7.27. The van der Waals surface area contributed by atoms with Crippen molar-refractivity contribution in [2.24, 2.45) is 5.92 Å². The van der Waals surface area contributed by atoms with Gasteiger partial charge in [-0.15, -0.1) is 0 Å². The Labute approximate surface area is 200 Å². The van der Waals surface area contributed by atoms with Crippen LogP contribution in [-0.2, 0) is 17.9 Å². The summed E-state index contributed by atoms with van der Waals surface area (Å²) in [5.74, 6) is 1.49. The molecule has 0 spiro atoms. The van der Waals surface area contributed by atoms with E-state index >= 15 is 0 Å². The number of aromatic nitrogens is 2. The lowest BCUT2D eigenvalue weighted by Gasteiger charge is -2.39. The van der Waals surface area contributed by atoms with Gasteiger partial charge in [-0.25, -0.2) is 4.98 Å². The van der Waals surface area contributed by atoms with Gasteiger partial charge in [0.1, 0.15) is 5.82 Å². The Bertz CT molecular complexity index is 1120. The molecule has 5 rings (SSSR count). The zero-order valence-corrected chi connectivity index (χ0v) is 20.0. The molecule has 2 aliphatic heterocycles. The van der Waals surface area contributed by atoms with Gasteiger partial charge in [-0.2, -0.15) is 0 Å². The molecule has 0 radical (unpaired) electrons. The number of benzene rings is 2. The smallest absolute Gasteiger partial charge is 0.227 e. The molecule has 0 saturated carbocycles. The summed E-state index contributed by atoms with van der Waals surface area (Å²) in [7, 11) is 0. The molecule has 0 unspecified atom stereocenters. The third kappa shape index (κ3) is 4.73. The third-order valence-electron chi connectivity index (χ3n) is 7.03. The van der Waals surface area contributed by atoms with Crippen LogP contribution < -0.4 is 4.90 Å². The fourth-order valence-electron chi connectivity index (χ4n) is 5.32. The van der Waals surface area contributed by atoms with Crippen LogP contribution in [0, 0.1) is 5.92 Å². The highest BCUT2D eigenvalue weighted by atomic mass is 35.5. The number of amides is 1. The van der Waals surface area contributed by atoms with Gasteiger partial charge in [0.15, 0.2) is 0 Å². The zero-order valence-electron chi connectivity index (χ0n) is 19.3. The number of imidazole rings is 1. The van der Waals surface area contributed by atoms with E-state index in [0.29, 0.717) is 5.91 Å². The van der Waals surface area contributed by atoms with Crippen molar-refractivity contribution >= 4 is 34.2 Å². The number of nitrogens with zero attached hydrogens (tertiary/aromatic N) is 5. The molecule has 174 valence electrons. The number of piperazine rings is 1. The van der Waals surface area contributed by atoms with Crippen molar-refractivity contribution < 1.29 is 4.79 Å². The highest BCUT2D eigenvalue weighted by molar-refractivity contribution is 6.30. The molecule has 1 atom stereocenters. The summed E-state index contributed by atoms with van der Waals surface area (Å²) < 4.78 is 2.30. The standard InChI is InChI=1S/C26H32ClN5O/c1-2-32-24-11-4-3-10-23(24)28-25(32)19-29-12-6-7-20(18-29)26(33)31-15-13-30(14-16-31)22-9-5-8-21(27)17-22/h3-5,8-11,17,20H,2,6-7,12-16,18-19H2,1H3/t20-/m1/s1. The molecule has 1 aromatic heterocycles. The zero-order chi connectivity index (χ0) is 22.8. The topological polar surface area (TPSA) is 44.6 Å². The largest absolute Gasteiger partial charge is 0.368 e. The first-order chi connectivity index (χ1) is 16.1. The second-order valence-electron chi connectivity index (χ2n) is 9.13. The van der Waals surface area contributed by atoms with Gasteiger partial charge in [0.05, 0.1) is 23.5 Å². The van der Waals surface area contributed by atoms with E-state index in [2.05, 4.69) is 50.5 Å². The van der Waals surface area contributed by atoms with E-state index in [-0.39, 0.29) is 5.92 Å². The van der Waals surface area contributed by atoms with Crippen LogP contribution in [0.4, 0.5) is 5.69 Å². The van der Waals surface area contributed by atoms with Gasteiger partial charge >= 0.3 is 0 Å². The van der Waals surface area contributed by atoms with E-state index in [1.54, 1.807) is 0 Å². The molecule has 1 amide bonds.